The van der Waals surface area contributed by atoms with E-state index < -0.39 is 47.4 Å². The molecule has 0 aliphatic carbocycles. The Hall–Kier alpha value is -5.17. The van der Waals surface area contributed by atoms with Gasteiger partial charge in [0, 0.05) is 36.3 Å². The number of rotatable bonds is 9. The molecule has 0 saturated heterocycles. The van der Waals surface area contributed by atoms with Crippen molar-refractivity contribution in [1.82, 2.24) is 19.8 Å². The van der Waals surface area contributed by atoms with Gasteiger partial charge in [-0.1, -0.05) is 6.07 Å². The van der Waals surface area contributed by atoms with Crippen molar-refractivity contribution in [2.24, 2.45) is 0 Å². The molecule has 0 aliphatic rings. The minimum Gasteiger partial charge on any atom is -0.345 e. The fourth-order valence-corrected chi connectivity index (χ4v) is 4.62. The number of ketones is 1. The van der Waals surface area contributed by atoms with Crippen LogP contribution in [-0.4, -0.2) is 59.2 Å². The summed E-state index contributed by atoms with van der Waals surface area (Å²) in [6.07, 6.45) is -3.56. The highest BCUT2D eigenvalue weighted by Crippen LogP contribution is 2.32. The van der Waals surface area contributed by atoms with Gasteiger partial charge in [-0.05, 0) is 86.6 Å². The number of nitrogens with zero attached hydrogens (tertiary/aromatic N) is 3. The molecular weight excluding hydrogens is 606 g/mol. The van der Waals surface area contributed by atoms with Gasteiger partial charge < -0.3 is 15.5 Å². The number of likely N-dealkylation sites (N-methyl/N-ethyl adjacent to an activating group) is 1. The first kappa shape index (κ1) is 33.7. The van der Waals surface area contributed by atoms with Crippen LogP contribution < -0.4 is 16.2 Å². The van der Waals surface area contributed by atoms with Crippen molar-refractivity contribution in [3.05, 3.63) is 116 Å². The minimum atomic E-state index is -4.85. The Labute approximate surface area is 261 Å². The van der Waals surface area contributed by atoms with Gasteiger partial charge in [-0.2, -0.15) is 13.2 Å². The first-order chi connectivity index (χ1) is 21.6. The second kappa shape index (κ2) is 13.4. The molecular formula is C33H31F4N5O4. The molecule has 0 spiro atoms. The summed E-state index contributed by atoms with van der Waals surface area (Å²) >= 11 is 0. The Balaban J connectivity index is 1.93. The molecule has 4 aromatic rings. The molecule has 1 heterocycles. The van der Waals surface area contributed by atoms with E-state index in [1.807, 2.05) is 0 Å². The van der Waals surface area contributed by atoms with Gasteiger partial charge in [0.05, 0.1) is 30.0 Å². The molecule has 1 atom stereocenters. The van der Waals surface area contributed by atoms with Crippen molar-refractivity contribution in [2.45, 2.75) is 32.6 Å². The minimum absolute atomic E-state index is 0.0323. The van der Waals surface area contributed by atoms with Gasteiger partial charge in [0.2, 0.25) is 5.91 Å². The number of benzene rings is 3. The van der Waals surface area contributed by atoms with E-state index in [0.717, 1.165) is 34.9 Å². The Morgan fingerprint density at radius 2 is 1.61 bits per heavy atom. The molecule has 2 amide bonds. The second-order valence-corrected chi connectivity index (χ2v) is 10.9. The Bertz CT molecular complexity index is 1870. The summed E-state index contributed by atoms with van der Waals surface area (Å²) in [5.41, 5.74) is -0.923. The zero-order valence-electron chi connectivity index (χ0n) is 25.6. The van der Waals surface area contributed by atoms with Crippen LogP contribution in [0.4, 0.5) is 23.4 Å². The van der Waals surface area contributed by atoms with Crippen LogP contribution in [0.3, 0.4) is 0 Å². The normalized spacial score (nSPS) is 12.0. The van der Waals surface area contributed by atoms with Gasteiger partial charge >= 0.3 is 6.18 Å². The first-order valence-corrected chi connectivity index (χ1v) is 14.0. The van der Waals surface area contributed by atoms with Crippen molar-refractivity contribution in [3.63, 3.8) is 0 Å². The van der Waals surface area contributed by atoms with Crippen LogP contribution in [0.2, 0.25) is 0 Å². The highest BCUT2D eigenvalue weighted by molar-refractivity contribution is 6.09. The number of halogens is 4. The van der Waals surface area contributed by atoms with E-state index in [4.69, 9.17) is 0 Å². The maximum atomic E-state index is 14.1. The molecule has 2 N–H and O–H groups in total. The second-order valence-electron chi connectivity index (χ2n) is 10.9. The lowest BCUT2D eigenvalue weighted by molar-refractivity contribution is -0.137. The van der Waals surface area contributed by atoms with E-state index in [2.05, 4.69) is 15.6 Å². The smallest absolute Gasteiger partial charge is 0.345 e. The molecule has 0 radical (unpaired) electrons. The summed E-state index contributed by atoms with van der Waals surface area (Å²) in [6, 6.07) is 11.2. The van der Waals surface area contributed by atoms with Gasteiger partial charge in [0.15, 0.2) is 11.6 Å². The zero-order valence-corrected chi connectivity index (χ0v) is 25.6. The summed E-state index contributed by atoms with van der Waals surface area (Å²) in [6.45, 7) is 2.81. The van der Waals surface area contributed by atoms with Crippen LogP contribution in [0.1, 0.15) is 49.9 Å². The lowest BCUT2D eigenvalue weighted by Crippen LogP contribution is -2.38. The van der Waals surface area contributed by atoms with E-state index >= 15 is 0 Å². The van der Waals surface area contributed by atoms with Crippen LogP contribution >= 0.6 is 0 Å². The highest BCUT2D eigenvalue weighted by atomic mass is 19.4. The molecule has 46 heavy (non-hydrogen) atoms. The largest absolute Gasteiger partial charge is 0.416 e. The number of carbonyl (C=O) groups is 3. The van der Waals surface area contributed by atoms with Crippen molar-refractivity contribution < 1.29 is 31.9 Å². The molecule has 0 bridgehead atoms. The number of alkyl halides is 3. The predicted octanol–water partition coefficient (Wildman–Crippen LogP) is 4.90. The summed E-state index contributed by atoms with van der Waals surface area (Å²) in [5.74, 6) is -2.68. The number of nitrogens with one attached hydrogen (secondary N) is 2. The third-order valence-corrected chi connectivity index (χ3v) is 7.32. The Kier molecular flexibility index (Phi) is 9.86. The molecule has 0 fully saturated rings. The molecule has 13 heteroatoms. The van der Waals surface area contributed by atoms with Gasteiger partial charge in [-0.25, -0.2) is 9.37 Å². The number of anilines is 1. The van der Waals surface area contributed by atoms with Crippen molar-refractivity contribution in [3.8, 4) is 11.3 Å². The third kappa shape index (κ3) is 7.37. The average molecular weight is 638 g/mol. The van der Waals surface area contributed by atoms with E-state index in [0.29, 0.717) is 17.2 Å². The maximum absolute atomic E-state index is 14.1. The van der Waals surface area contributed by atoms with Crippen LogP contribution in [0.15, 0.2) is 71.7 Å². The van der Waals surface area contributed by atoms with E-state index in [9.17, 15) is 36.7 Å². The highest BCUT2D eigenvalue weighted by Gasteiger charge is 2.32. The Morgan fingerprint density at radius 3 is 2.22 bits per heavy atom. The van der Waals surface area contributed by atoms with E-state index in [-0.39, 0.29) is 39.7 Å². The van der Waals surface area contributed by atoms with Gasteiger partial charge in [-0.3, -0.25) is 23.7 Å². The molecule has 1 unspecified atom stereocenters. The van der Waals surface area contributed by atoms with Crippen molar-refractivity contribution in [2.75, 3.05) is 26.5 Å². The summed E-state index contributed by atoms with van der Waals surface area (Å²) in [7, 11) is 4.69. The van der Waals surface area contributed by atoms with Crippen LogP contribution in [0.5, 0.6) is 0 Å². The van der Waals surface area contributed by atoms with Gasteiger partial charge in [-0.15, -0.1) is 0 Å². The third-order valence-electron chi connectivity index (χ3n) is 7.32. The predicted molar refractivity (Wildman–Crippen MR) is 164 cm³/mol. The van der Waals surface area contributed by atoms with Gasteiger partial charge in [0.1, 0.15) is 5.82 Å². The SMILES string of the molecule is CNC(C)C(=O)Nc1ncc(-c2cc(C(=O)N(C)C)ccc2C)n(Cc2cc(C(=O)c3ccc(F)cc3)cc(C(F)(F)F)c2)c1=O. The molecule has 0 saturated carbocycles. The monoisotopic (exact) mass is 637 g/mol. The molecule has 240 valence electrons. The number of aromatic nitrogens is 2. The number of hydrogen-bond acceptors (Lipinski definition) is 6. The molecule has 3 aromatic carbocycles. The Morgan fingerprint density at radius 1 is 0.957 bits per heavy atom. The number of aryl methyl sites for hydroxylation is 1. The summed E-state index contributed by atoms with van der Waals surface area (Å²) < 4.78 is 56.8. The molecule has 4 rings (SSSR count). The molecule has 0 aliphatic heterocycles. The number of carbonyl (C=O) groups excluding carboxylic acids is 3. The maximum Gasteiger partial charge on any atom is 0.416 e. The summed E-state index contributed by atoms with van der Waals surface area (Å²) in [4.78, 5) is 58.0. The lowest BCUT2D eigenvalue weighted by Gasteiger charge is -2.19. The lowest BCUT2D eigenvalue weighted by atomic mass is 9.97. The fraction of sp³-hybridized carbons (Fsp3) is 0.242. The zero-order chi connectivity index (χ0) is 33.9. The van der Waals surface area contributed by atoms with Gasteiger partial charge in [0.25, 0.3) is 11.5 Å². The van der Waals surface area contributed by atoms with Crippen molar-refractivity contribution >= 4 is 23.4 Å². The molecule has 1 aromatic heterocycles. The first-order valence-electron chi connectivity index (χ1n) is 14.0. The van der Waals surface area contributed by atoms with Crippen LogP contribution in [-0.2, 0) is 17.5 Å². The van der Waals surface area contributed by atoms with E-state index in [1.165, 1.54) is 17.2 Å². The summed E-state index contributed by atoms with van der Waals surface area (Å²) in [5, 5.41) is 5.18. The topological polar surface area (TPSA) is 113 Å². The van der Waals surface area contributed by atoms with Crippen LogP contribution in [0.25, 0.3) is 11.3 Å². The quantitative estimate of drug-likeness (QED) is 0.199. The van der Waals surface area contributed by atoms with Crippen molar-refractivity contribution in [1.29, 1.82) is 0 Å². The standard InChI is InChI=1S/C33H31F4N5O4/c1-18-6-7-22(31(45)41(4)5)15-26(18)27-16-39-29(40-30(44)19(2)38-3)32(46)42(27)17-20-12-23(14-24(13-20)33(35,36)37)28(43)21-8-10-25(34)11-9-21/h6-16,19,38H,17H2,1-5H3,(H,39,40,44). The number of amides is 2. The molecule has 9 nitrogen and oxygen atoms in total. The average Bonchev–Trinajstić information content (AvgIpc) is 3.02. The fourth-order valence-electron chi connectivity index (χ4n) is 4.62. The van der Waals surface area contributed by atoms with Crippen LogP contribution in [0, 0.1) is 12.7 Å². The number of hydrogen-bond donors (Lipinski definition) is 2. The van der Waals surface area contributed by atoms with E-state index in [1.54, 1.807) is 53.2 Å².